The third-order valence-corrected chi connectivity index (χ3v) is 6.58. The fraction of sp³-hybridized carbons (Fsp3) is 0.391. The maximum Gasteiger partial charge on any atom is 0.409 e. The Bertz CT molecular complexity index is 872. The lowest BCUT2D eigenvalue weighted by molar-refractivity contribution is 0.0715. The molecule has 27 heavy (non-hydrogen) atoms. The summed E-state index contributed by atoms with van der Waals surface area (Å²) < 4.78 is 5.78. The predicted molar refractivity (Wildman–Crippen MR) is 102 cm³/mol. The van der Waals surface area contributed by atoms with Crippen LogP contribution in [0.1, 0.15) is 29.9 Å². The zero-order valence-electron chi connectivity index (χ0n) is 15.2. The van der Waals surface area contributed by atoms with Crippen LogP contribution in [0.5, 0.6) is 0 Å². The van der Waals surface area contributed by atoms with Crippen molar-refractivity contribution in [1.29, 1.82) is 5.26 Å². The first-order chi connectivity index (χ1) is 13.3. The van der Waals surface area contributed by atoms with Gasteiger partial charge in [0.1, 0.15) is 6.61 Å². The summed E-state index contributed by atoms with van der Waals surface area (Å²) in [4.78, 5) is 14.5. The molecular formula is C23H22N2O2. The summed E-state index contributed by atoms with van der Waals surface area (Å²) in [6, 6.07) is 19.2. The Morgan fingerprint density at radius 1 is 1.00 bits per heavy atom. The van der Waals surface area contributed by atoms with Gasteiger partial charge in [-0.2, -0.15) is 5.26 Å². The smallest absolute Gasteiger partial charge is 0.409 e. The second-order valence-electron chi connectivity index (χ2n) is 7.96. The second-order valence-corrected chi connectivity index (χ2v) is 7.96. The number of carbonyl (C=O) groups is 1. The van der Waals surface area contributed by atoms with Crippen molar-refractivity contribution in [2.24, 2.45) is 17.8 Å². The Morgan fingerprint density at radius 3 is 2.11 bits per heavy atom. The monoisotopic (exact) mass is 358 g/mol. The summed E-state index contributed by atoms with van der Waals surface area (Å²) in [6.45, 7) is 1.68. The third-order valence-electron chi connectivity index (χ3n) is 6.58. The van der Waals surface area contributed by atoms with Crippen LogP contribution in [0.3, 0.4) is 0 Å². The topological polar surface area (TPSA) is 53.3 Å². The predicted octanol–water partition coefficient (Wildman–Crippen LogP) is 4.42. The van der Waals surface area contributed by atoms with Crippen molar-refractivity contribution >= 4 is 6.09 Å². The Hall–Kier alpha value is -2.80. The van der Waals surface area contributed by atoms with Gasteiger partial charge in [0, 0.05) is 19.0 Å². The molecule has 2 aliphatic carbocycles. The quantitative estimate of drug-likeness (QED) is 0.799. The third kappa shape index (κ3) is 2.61. The number of carbonyl (C=O) groups excluding carboxylic acids is 1. The molecule has 1 aliphatic heterocycles. The van der Waals surface area contributed by atoms with E-state index in [1.165, 1.54) is 22.3 Å². The number of nitrogens with zero attached hydrogens (tertiary/aromatic N) is 2. The maximum atomic E-state index is 12.7. The number of ether oxygens (including phenoxy) is 1. The minimum absolute atomic E-state index is 0.0923. The molecule has 136 valence electrons. The van der Waals surface area contributed by atoms with Crippen molar-refractivity contribution in [1.82, 2.24) is 4.90 Å². The molecule has 4 nitrogen and oxygen atoms in total. The Kier molecular flexibility index (Phi) is 3.89. The van der Waals surface area contributed by atoms with Gasteiger partial charge in [-0.05, 0) is 46.9 Å². The van der Waals surface area contributed by atoms with Gasteiger partial charge in [0.05, 0.1) is 12.0 Å². The summed E-state index contributed by atoms with van der Waals surface area (Å²) in [5, 5.41) is 9.34. The van der Waals surface area contributed by atoms with E-state index < -0.39 is 0 Å². The van der Waals surface area contributed by atoms with Crippen LogP contribution in [0, 0.1) is 29.1 Å². The van der Waals surface area contributed by atoms with E-state index in [4.69, 9.17) is 4.74 Å². The van der Waals surface area contributed by atoms with Crippen LogP contribution in [-0.2, 0) is 4.74 Å². The van der Waals surface area contributed by atoms with Crippen LogP contribution >= 0.6 is 0 Å². The number of nitriles is 1. The molecule has 2 bridgehead atoms. The first kappa shape index (κ1) is 16.4. The molecule has 1 saturated heterocycles. The summed E-state index contributed by atoms with van der Waals surface area (Å²) in [5.41, 5.74) is 4.94. The van der Waals surface area contributed by atoms with E-state index in [-0.39, 0.29) is 17.9 Å². The lowest BCUT2D eigenvalue weighted by Crippen LogP contribution is -2.45. The number of rotatable bonds is 2. The molecule has 2 unspecified atom stereocenters. The van der Waals surface area contributed by atoms with Gasteiger partial charge in [-0.1, -0.05) is 48.5 Å². The SMILES string of the molecule is N#CC1C2CCC1CN(C(=O)OCC1c3ccccc3-c3ccccc31)C2. The van der Waals surface area contributed by atoms with Crippen LogP contribution in [-0.4, -0.2) is 30.7 Å². The zero-order valence-corrected chi connectivity index (χ0v) is 15.2. The van der Waals surface area contributed by atoms with Crippen molar-refractivity contribution in [2.75, 3.05) is 19.7 Å². The molecule has 2 aromatic rings. The van der Waals surface area contributed by atoms with Gasteiger partial charge in [0.25, 0.3) is 0 Å². The Balaban J connectivity index is 1.31. The minimum Gasteiger partial charge on any atom is -0.448 e. The summed E-state index contributed by atoms with van der Waals surface area (Å²) in [6.07, 6.45) is 1.87. The van der Waals surface area contributed by atoms with Gasteiger partial charge in [-0.15, -0.1) is 0 Å². The molecule has 5 rings (SSSR count). The van der Waals surface area contributed by atoms with Crippen LogP contribution in [0.4, 0.5) is 4.79 Å². The van der Waals surface area contributed by atoms with Gasteiger partial charge < -0.3 is 9.64 Å². The van der Waals surface area contributed by atoms with Crippen LogP contribution in [0.2, 0.25) is 0 Å². The second kappa shape index (κ2) is 6.42. The van der Waals surface area contributed by atoms with Gasteiger partial charge in [-0.25, -0.2) is 4.79 Å². The van der Waals surface area contributed by atoms with Gasteiger partial charge in [-0.3, -0.25) is 0 Å². The number of benzene rings is 2. The number of amides is 1. The first-order valence-corrected chi connectivity index (χ1v) is 9.76. The summed E-state index contributed by atoms with van der Waals surface area (Å²) in [5.74, 6) is 0.834. The molecule has 4 heteroatoms. The lowest BCUT2D eigenvalue weighted by atomic mass is 9.86. The van der Waals surface area contributed by atoms with Crippen LogP contribution in [0.15, 0.2) is 48.5 Å². The van der Waals surface area contributed by atoms with Crippen molar-refractivity contribution in [2.45, 2.75) is 18.8 Å². The number of hydrogen-bond donors (Lipinski definition) is 0. The Morgan fingerprint density at radius 2 is 1.56 bits per heavy atom. The number of piperidine rings is 1. The van der Waals surface area contributed by atoms with E-state index in [0.717, 1.165) is 12.8 Å². The fourth-order valence-corrected chi connectivity index (χ4v) is 5.27. The average Bonchev–Trinajstić information content (AvgIpc) is 3.16. The van der Waals surface area contributed by atoms with Crippen molar-refractivity contribution < 1.29 is 9.53 Å². The first-order valence-electron chi connectivity index (χ1n) is 9.76. The van der Waals surface area contributed by atoms with Gasteiger partial charge >= 0.3 is 6.09 Å². The summed E-state index contributed by atoms with van der Waals surface area (Å²) >= 11 is 0. The minimum atomic E-state index is -0.231. The Labute approximate surface area is 159 Å². The highest BCUT2D eigenvalue weighted by molar-refractivity contribution is 5.79. The molecular weight excluding hydrogens is 336 g/mol. The molecule has 1 saturated carbocycles. The van der Waals surface area contributed by atoms with E-state index in [1.807, 2.05) is 17.0 Å². The molecule has 1 amide bonds. The van der Waals surface area contributed by atoms with E-state index in [9.17, 15) is 10.1 Å². The standard InChI is InChI=1S/C23H22N2O2/c24-11-21-15-9-10-16(21)13-25(12-15)23(26)27-14-22-19-7-3-1-5-17(19)18-6-2-4-8-20(18)22/h1-8,15-16,21-22H,9-10,12-14H2. The lowest BCUT2D eigenvalue weighted by Gasteiger charge is -2.34. The molecule has 3 aliphatic rings. The fourth-order valence-electron chi connectivity index (χ4n) is 5.27. The number of likely N-dealkylation sites (tertiary alicyclic amines) is 1. The number of fused-ring (bicyclic) bond motifs is 5. The van der Waals surface area contributed by atoms with Crippen LogP contribution in [0.25, 0.3) is 11.1 Å². The van der Waals surface area contributed by atoms with E-state index in [1.54, 1.807) is 0 Å². The largest absolute Gasteiger partial charge is 0.448 e. The van der Waals surface area contributed by atoms with E-state index in [0.29, 0.717) is 31.5 Å². The molecule has 0 spiro atoms. The zero-order chi connectivity index (χ0) is 18.4. The number of hydrogen-bond acceptors (Lipinski definition) is 3. The molecule has 1 heterocycles. The van der Waals surface area contributed by atoms with Crippen molar-refractivity contribution in [3.63, 3.8) is 0 Å². The average molecular weight is 358 g/mol. The van der Waals surface area contributed by atoms with Gasteiger partial charge in [0.15, 0.2) is 0 Å². The molecule has 2 fully saturated rings. The summed E-state index contributed by atoms with van der Waals surface area (Å²) in [7, 11) is 0. The van der Waals surface area contributed by atoms with E-state index in [2.05, 4.69) is 42.5 Å². The highest BCUT2D eigenvalue weighted by atomic mass is 16.6. The maximum absolute atomic E-state index is 12.7. The van der Waals surface area contributed by atoms with Crippen molar-refractivity contribution in [3.8, 4) is 17.2 Å². The van der Waals surface area contributed by atoms with Gasteiger partial charge in [0.2, 0.25) is 0 Å². The molecule has 0 radical (unpaired) electrons. The molecule has 0 aromatic heterocycles. The normalized spacial score (nSPS) is 25.6. The van der Waals surface area contributed by atoms with E-state index >= 15 is 0 Å². The highest BCUT2D eigenvalue weighted by Crippen LogP contribution is 2.45. The molecule has 2 aromatic carbocycles. The highest BCUT2D eigenvalue weighted by Gasteiger charge is 2.44. The molecule has 0 N–H and O–H groups in total. The van der Waals surface area contributed by atoms with Crippen LogP contribution < -0.4 is 0 Å². The van der Waals surface area contributed by atoms with Crippen molar-refractivity contribution in [3.05, 3.63) is 59.7 Å². The molecule has 2 atom stereocenters.